The van der Waals surface area contributed by atoms with Crippen LogP contribution >= 0.6 is 0 Å². The quantitative estimate of drug-likeness (QED) is 0.854. The van der Waals surface area contributed by atoms with Crippen LogP contribution in [-0.2, 0) is 11.2 Å². The number of hydrogen-bond acceptors (Lipinski definition) is 3. The maximum atomic E-state index is 6.28. The highest BCUT2D eigenvalue weighted by Crippen LogP contribution is 2.25. The van der Waals surface area contributed by atoms with Crippen molar-refractivity contribution >= 4 is 0 Å². The van der Waals surface area contributed by atoms with Crippen LogP contribution in [0.15, 0.2) is 24.5 Å². The summed E-state index contributed by atoms with van der Waals surface area (Å²) in [5, 5.41) is 0. The van der Waals surface area contributed by atoms with Crippen molar-refractivity contribution in [3.8, 4) is 0 Å². The summed E-state index contributed by atoms with van der Waals surface area (Å²) in [7, 11) is 0. The molecule has 0 saturated carbocycles. The SMILES string of the molecule is CCOC(C(N)Cc1ccncc1)C(C)(C)C. The maximum absolute atomic E-state index is 6.28. The van der Waals surface area contributed by atoms with Crippen molar-refractivity contribution in [2.75, 3.05) is 6.61 Å². The predicted molar refractivity (Wildman–Crippen MR) is 70.8 cm³/mol. The van der Waals surface area contributed by atoms with Gasteiger partial charge in [0.05, 0.1) is 6.10 Å². The first-order valence-electron chi connectivity index (χ1n) is 6.21. The van der Waals surface area contributed by atoms with Gasteiger partial charge in [0, 0.05) is 25.0 Å². The molecule has 0 saturated heterocycles. The minimum atomic E-state index is 0.0114. The molecule has 17 heavy (non-hydrogen) atoms. The van der Waals surface area contributed by atoms with E-state index in [9.17, 15) is 0 Å². The van der Waals surface area contributed by atoms with E-state index in [1.54, 1.807) is 12.4 Å². The lowest BCUT2D eigenvalue weighted by Gasteiger charge is -2.35. The summed E-state index contributed by atoms with van der Waals surface area (Å²) >= 11 is 0. The number of ether oxygens (including phenoxy) is 1. The molecule has 3 nitrogen and oxygen atoms in total. The fraction of sp³-hybridized carbons (Fsp3) is 0.643. The molecule has 1 aromatic heterocycles. The van der Waals surface area contributed by atoms with E-state index in [0.29, 0.717) is 6.61 Å². The van der Waals surface area contributed by atoms with E-state index in [1.165, 1.54) is 5.56 Å². The maximum Gasteiger partial charge on any atom is 0.0777 e. The molecule has 0 aliphatic heterocycles. The highest BCUT2D eigenvalue weighted by Gasteiger charge is 2.30. The van der Waals surface area contributed by atoms with Gasteiger partial charge in [-0.25, -0.2) is 0 Å². The third-order valence-electron chi connectivity index (χ3n) is 2.81. The summed E-state index contributed by atoms with van der Waals surface area (Å²) < 4.78 is 5.80. The number of pyridine rings is 1. The molecule has 96 valence electrons. The van der Waals surface area contributed by atoms with E-state index in [2.05, 4.69) is 25.8 Å². The van der Waals surface area contributed by atoms with Gasteiger partial charge in [-0.05, 0) is 36.5 Å². The van der Waals surface area contributed by atoms with Crippen molar-refractivity contribution in [2.24, 2.45) is 11.1 Å². The standard InChI is InChI=1S/C14H24N2O/c1-5-17-13(14(2,3)4)12(15)10-11-6-8-16-9-7-11/h6-9,12-13H,5,10,15H2,1-4H3. The van der Waals surface area contributed by atoms with Gasteiger partial charge in [-0.15, -0.1) is 0 Å². The molecule has 0 aliphatic carbocycles. The van der Waals surface area contributed by atoms with Crippen molar-refractivity contribution in [1.29, 1.82) is 0 Å². The minimum Gasteiger partial charge on any atom is -0.376 e. The Morgan fingerprint density at radius 2 is 1.88 bits per heavy atom. The molecule has 3 heteroatoms. The molecular formula is C14H24N2O. The second kappa shape index (κ2) is 6.12. The molecule has 1 rings (SSSR count). The Bertz CT molecular complexity index is 319. The third kappa shape index (κ3) is 4.44. The predicted octanol–water partition coefficient (Wildman–Crippen LogP) is 2.40. The summed E-state index contributed by atoms with van der Waals surface area (Å²) in [5.74, 6) is 0. The van der Waals surface area contributed by atoms with E-state index in [4.69, 9.17) is 10.5 Å². The van der Waals surface area contributed by atoms with Gasteiger partial charge in [0.2, 0.25) is 0 Å². The molecular weight excluding hydrogens is 212 g/mol. The van der Waals surface area contributed by atoms with E-state index < -0.39 is 0 Å². The molecule has 0 fully saturated rings. The van der Waals surface area contributed by atoms with E-state index in [-0.39, 0.29) is 17.6 Å². The minimum absolute atomic E-state index is 0.0114. The molecule has 0 spiro atoms. The smallest absolute Gasteiger partial charge is 0.0777 e. The summed E-state index contributed by atoms with van der Waals surface area (Å²) in [4.78, 5) is 4.01. The van der Waals surface area contributed by atoms with Crippen molar-refractivity contribution in [3.63, 3.8) is 0 Å². The van der Waals surface area contributed by atoms with Crippen molar-refractivity contribution in [1.82, 2.24) is 4.98 Å². The lowest BCUT2D eigenvalue weighted by atomic mass is 9.83. The van der Waals surface area contributed by atoms with Gasteiger partial charge in [0.15, 0.2) is 0 Å². The summed E-state index contributed by atoms with van der Waals surface area (Å²) in [6, 6.07) is 4.02. The van der Waals surface area contributed by atoms with Gasteiger partial charge < -0.3 is 10.5 Å². The first-order valence-corrected chi connectivity index (χ1v) is 6.21. The van der Waals surface area contributed by atoms with Crippen LogP contribution in [0.3, 0.4) is 0 Å². The zero-order valence-electron chi connectivity index (χ0n) is 11.3. The largest absolute Gasteiger partial charge is 0.376 e. The molecule has 0 amide bonds. The van der Waals surface area contributed by atoms with Crippen LogP contribution in [0.2, 0.25) is 0 Å². The lowest BCUT2D eigenvalue weighted by molar-refractivity contribution is -0.0274. The summed E-state index contributed by atoms with van der Waals surface area (Å²) in [6.07, 6.45) is 4.49. The molecule has 2 atom stereocenters. The van der Waals surface area contributed by atoms with Gasteiger partial charge >= 0.3 is 0 Å². The van der Waals surface area contributed by atoms with Crippen molar-refractivity contribution in [2.45, 2.75) is 46.3 Å². The third-order valence-corrected chi connectivity index (χ3v) is 2.81. The van der Waals surface area contributed by atoms with Gasteiger partial charge in [-0.1, -0.05) is 20.8 Å². The first kappa shape index (κ1) is 14.1. The van der Waals surface area contributed by atoms with Gasteiger partial charge in [-0.3, -0.25) is 4.98 Å². The Balaban J connectivity index is 2.69. The van der Waals surface area contributed by atoms with Crippen molar-refractivity contribution in [3.05, 3.63) is 30.1 Å². The molecule has 0 aromatic carbocycles. The second-order valence-electron chi connectivity index (χ2n) is 5.47. The number of nitrogens with two attached hydrogens (primary N) is 1. The second-order valence-corrected chi connectivity index (χ2v) is 5.47. The molecule has 0 radical (unpaired) electrons. The van der Waals surface area contributed by atoms with Crippen LogP contribution in [0.5, 0.6) is 0 Å². The van der Waals surface area contributed by atoms with Crippen LogP contribution < -0.4 is 5.73 Å². The monoisotopic (exact) mass is 236 g/mol. The molecule has 1 heterocycles. The lowest BCUT2D eigenvalue weighted by Crippen LogP contribution is -2.46. The summed E-state index contributed by atoms with van der Waals surface area (Å²) in [5.41, 5.74) is 7.54. The molecule has 0 aliphatic rings. The van der Waals surface area contributed by atoms with Crippen molar-refractivity contribution < 1.29 is 4.74 Å². The van der Waals surface area contributed by atoms with Gasteiger partial charge in [-0.2, -0.15) is 0 Å². The van der Waals surface area contributed by atoms with Crippen LogP contribution in [0.1, 0.15) is 33.3 Å². The fourth-order valence-electron chi connectivity index (χ4n) is 2.09. The number of nitrogens with zero attached hydrogens (tertiary/aromatic N) is 1. The normalized spacial score (nSPS) is 15.6. The van der Waals surface area contributed by atoms with E-state index >= 15 is 0 Å². The Hall–Kier alpha value is -0.930. The van der Waals surface area contributed by atoms with Crippen LogP contribution in [0.4, 0.5) is 0 Å². The highest BCUT2D eigenvalue weighted by atomic mass is 16.5. The molecule has 2 N–H and O–H groups in total. The Morgan fingerprint density at radius 1 is 1.29 bits per heavy atom. The van der Waals surface area contributed by atoms with Crippen LogP contribution in [0, 0.1) is 5.41 Å². The average molecular weight is 236 g/mol. The zero-order chi connectivity index (χ0) is 12.9. The molecule has 0 bridgehead atoms. The average Bonchev–Trinajstić information content (AvgIpc) is 2.25. The van der Waals surface area contributed by atoms with Gasteiger partial charge in [0.25, 0.3) is 0 Å². The Morgan fingerprint density at radius 3 is 2.35 bits per heavy atom. The summed E-state index contributed by atoms with van der Waals surface area (Å²) in [6.45, 7) is 9.21. The molecule has 2 unspecified atom stereocenters. The topological polar surface area (TPSA) is 48.1 Å². The highest BCUT2D eigenvalue weighted by molar-refractivity contribution is 5.12. The molecule has 1 aromatic rings. The number of aromatic nitrogens is 1. The number of hydrogen-bond donors (Lipinski definition) is 1. The zero-order valence-corrected chi connectivity index (χ0v) is 11.3. The van der Waals surface area contributed by atoms with Crippen LogP contribution in [-0.4, -0.2) is 23.7 Å². The first-order chi connectivity index (χ1) is 7.95. The van der Waals surface area contributed by atoms with E-state index in [0.717, 1.165) is 6.42 Å². The number of rotatable bonds is 5. The Kier molecular flexibility index (Phi) is 5.09. The van der Waals surface area contributed by atoms with E-state index in [1.807, 2.05) is 19.1 Å². The van der Waals surface area contributed by atoms with Gasteiger partial charge in [0.1, 0.15) is 0 Å². The Labute approximate surface area is 104 Å². The fourth-order valence-corrected chi connectivity index (χ4v) is 2.09. The van der Waals surface area contributed by atoms with Crippen LogP contribution in [0.25, 0.3) is 0 Å².